The summed E-state index contributed by atoms with van der Waals surface area (Å²) < 4.78 is 85.7. The number of aryl methyl sites for hydroxylation is 2. The number of alkyl halides is 4. The van der Waals surface area contributed by atoms with Gasteiger partial charge in [0.2, 0.25) is 0 Å². The monoisotopic (exact) mass is 696 g/mol. The molecule has 260 valence electrons. The number of halogens is 6. The molecule has 15 heteroatoms. The van der Waals surface area contributed by atoms with E-state index in [-0.39, 0.29) is 78.2 Å². The fourth-order valence-electron chi connectivity index (χ4n) is 7.13. The third-order valence-electron chi connectivity index (χ3n) is 9.17. The van der Waals surface area contributed by atoms with Crippen LogP contribution < -0.4 is 9.64 Å². The van der Waals surface area contributed by atoms with Crippen LogP contribution in [0.25, 0.3) is 22.2 Å². The summed E-state index contributed by atoms with van der Waals surface area (Å²) >= 11 is 6.60. The molecule has 5 heterocycles. The number of nitrogens with zero attached hydrogens (tertiary/aromatic N) is 6. The number of benzene rings is 1. The number of anilines is 1. The van der Waals surface area contributed by atoms with E-state index in [1.807, 2.05) is 4.90 Å². The van der Waals surface area contributed by atoms with Crippen LogP contribution in [0.4, 0.5) is 32.6 Å². The van der Waals surface area contributed by atoms with E-state index in [1.165, 1.54) is 26.0 Å². The van der Waals surface area contributed by atoms with Gasteiger partial charge in [-0.2, -0.15) is 23.1 Å². The van der Waals surface area contributed by atoms with Gasteiger partial charge in [0.05, 0.1) is 27.4 Å². The summed E-state index contributed by atoms with van der Waals surface area (Å²) in [6, 6.07) is 2.42. The molecule has 0 spiro atoms. The second kappa shape index (κ2) is 12.4. The summed E-state index contributed by atoms with van der Waals surface area (Å²) in [5.74, 6) is -0.863. The standard InChI is InChI=1S/C33H38ClF5N6O3/c1-18-13-19(2)40-27(24(18)33(37,38)39)23-22(34)14-21-26(25(23)36)41-29(47-17-32-7-6-8-45(32)16-20(35)15-32)42-28(21)43-9-11-44(12-10-43)30(46)48-31(3,4)5/h13-14,20H,6-12,15-17H2,1-5H3/t20-,32-/m0/s1. The Kier molecular flexibility index (Phi) is 8.89. The number of carbonyl (C=O) groups is 1. The molecule has 0 radical (unpaired) electrons. The minimum absolute atomic E-state index is 0.0592. The molecule has 0 bridgehead atoms. The van der Waals surface area contributed by atoms with Gasteiger partial charge in [0.15, 0.2) is 5.82 Å². The largest absolute Gasteiger partial charge is 0.461 e. The Balaban J connectivity index is 1.43. The average molecular weight is 697 g/mol. The first-order valence-corrected chi connectivity index (χ1v) is 16.3. The first kappa shape index (κ1) is 34.3. The lowest BCUT2D eigenvalue weighted by Crippen LogP contribution is -2.50. The molecular weight excluding hydrogens is 659 g/mol. The third-order valence-corrected chi connectivity index (χ3v) is 9.47. The summed E-state index contributed by atoms with van der Waals surface area (Å²) in [5.41, 5.74) is -3.67. The van der Waals surface area contributed by atoms with Crippen molar-refractivity contribution in [2.75, 3.05) is 50.8 Å². The molecule has 2 atom stereocenters. The Morgan fingerprint density at radius 3 is 2.44 bits per heavy atom. The van der Waals surface area contributed by atoms with E-state index in [0.717, 1.165) is 13.0 Å². The van der Waals surface area contributed by atoms with Crippen LogP contribution in [0.3, 0.4) is 0 Å². The van der Waals surface area contributed by atoms with Crippen LogP contribution in [0.5, 0.6) is 6.01 Å². The number of pyridine rings is 1. The van der Waals surface area contributed by atoms with Crippen LogP contribution in [0.15, 0.2) is 12.1 Å². The Hall–Kier alpha value is -3.52. The molecule has 0 unspecified atom stereocenters. The van der Waals surface area contributed by atoms with Crippen molar-refractivity contribution in [1.29, 1.82) is 0 Å². The van der Waals surface area contributed by atoms with Gasteiger partial charge < -0.3 is 19.3 Å². The van der Waals surface area contributed by atoms with E-state index in [0.29, 0.717) is 13.0 Å². The summed E-state index contributed by atoms with van der Waals surface area (Å²) in [7, 11) is 0. The maximum Gasteiger partial charge on any atom is 0.418 e. The van der Waals surface area contributed by atoms with Crippen molar-refractivity contribution in [2.24, 2.45) is 0 Å². The van der Waals surface area contributed by atoms with Crippen molar-refractivity contribution in [3.8, 4) is 17.3 Å². The Morgan fingerprint density at radius 1 is 1.06 bits per heavy atom. The smallest absolute Gasteiger partial charge is 0.418 e. The predicted octanol–water partition coefficient (Wildman–Crippen LogP) is 7.13. The van der Waals surface area contributed by atoms with E-state index in [9.17, 15) is 22.4 Å². The minimum atomic E-state index is -4.84. The number of hydrogen-bond acceptors (Lipinski definition) is 8. The highest BCUT2D eigenvalue weighted by atomic mass is 35.5. The van der Waals surface area contributed by atoms with Gasteiger partial charge >= 0.3 is 18.3 Å². The van der Waals surface area contributed by atoms with Crippen molar-refractivity contribution in [2.45, 2.75) is 77.4 Å². The molecule has 1 amide bonds. The molecule has 6 rings (SSSR count). The van der Waals surface area contributed by atoms with Crippen molar-refractivity contribution < 1.29 is 36.2 Å². The summed E-state index contributed by atoms with van der Waals surface area (Å²) in [6.45, 7) is 10.3. The molecular formula is C33H38ClF5N6O3. The quantitative estimate of drug-likeness (QED) is 0.261. The van der Waals surface area contributed by atoms with E-state index in [2.05, 4.69) is 19.9 Å². The number of aromatic nitrogens is 3. The molecule has 0 saturated carbocycles. The van der Waals surface area contributed by atoms with Gasteiger partial charge in [0.1, 0.15) is 29.7 Å². The molecule has 1 aromatic carbocycles. The number of carbonyl (C=O) groups excluding carboxylic acids is 1. The molecule has 3 aliphatic rings. The van der Waals surface area contributed by atoms with Crippen molar-refractivity contribution in [3.63, 3.8) is 0 Å². The van der Waals surface area contributed by atoms with Gasteiger partial charge in [-0.3, -0.25) is 9.88 Å². The molecule has 3 aliphatic heterocycles. The molecule has 2 aromatic heterocycles. The SMILES string of the molecule is Cc1cc(C)c(C(F)(F)F)c(-c2c(Cl)cc3c(N4CCN(C(=O)OC(C)(C)C)CC4)nc(OC[C@@]45CCCN4C[C@@H](F)C5)nc3c2F)n1. The minimum Gasteiger partial charge on any atom is -0.461 e. The summed E-state index contributed by atoms with van der Waals surface area (Å²) in [4.78, 5) is 31.2. The first-order valence-electron chi connectivity index (χ1n) is 16.0. The predicted molar refractivity (Wildman–Crippen MR) is 171 cm³/mol. The Bertz CT molecular complexity index is 1740. The van der Waals surface area contributed by atoms with Crippen molar-refractivity contribution in [3.05, 3.63) is 39.8 Å². The topological polar surface area (TPSA) is 83.9 Å². The van der Waals surface area contributed by atoms with E-state index in [1.54, 1.807) is 25.7 Å². The lowest BCUT2D eigenvalue weighted by atomic mass is 9.95. The number of fused-ring (bicyclic) bond motifs is 2. The van der Waals surface area contributed by atoms with Gasteiger partial charge in [-0.1, -0.05) is 11.6 Å². The first-order chi connectivity index (χ1) is 22.5. The third kappa shape index (κ3) is 6.57. The second-order valence-electron chi connectivity index (χ2n) is 13.9. The number of amides is 1. The zero-order chi connectivity index (χ0) is 34.8. The van der Waals surface area contributed by atoms with E-state index in [4.69, 9.17) is 21.1 Å². The highest BCUT2D eigenvalue weighted by Gasteiger charge is 2.49. The van der Waals surface area contributed by atoms with Crippen molar-refractivity contribution >= 4 is 34.4 Å². The van der Waals surface area contributed by atoms with Crippen LogP contribution in [-0.4, -0.2) is 94.0 Å². The molecule has 3 saturated heterocycles. The van der Waals surface area contributed by atoms with E-state index < -0.39 is 52.2 Å². The number of rotatable bonds is 5. The van der Waals surface area contributed by atoms with Gasteiger partial charge in [-0.25, -0.2) is 13.6 Å². The van der Waals surface area contributed by atoms with Gasteiger partial charge in [0, 0.05) is 50.2 Å². The maximum atomic E-state index is 16.7. The van der Waals surface area contributed by atoms with Crippen LogP contribution in [0.1, 0.15) is 56.9 Å². The molecule has 48 heavy (non-hydrogen) atoms. The lowest BCUT2D eigenvalue weighted by Gasteiger charge is -2.36. The zero-order valence-corrected chi connectivity index (χ0v) is 28.2. The normalized spacial score (nSPS) is 22.0. The molecule has 0 N–H and O–H groups in total. The Morgan fingerprint density at radius 2 is 1.77 bits per heavy atom. The number of hydrogen-bond donors (Lipinski definition) is 0. The second-order valence-corrected chi connectivity index (χ2v) is 14.3. The Labute approximate surface area is 280 Å². The summed E-state index contributed by atoms with van der Waals surface area (Å²) in [5, 5.41) is -0.142. The van der Waals surface area contributed by atoms with Gasteiger partial charge in [-0.05, 0) is 71.7 Å². The highest BCUT2D eigenvalue weighted by molar-refractivity contribution is 6.34. The average Bonchev–Trinajstić information content (AvgIpc) is 3.50. The van der Waals surface area contributed by atoms with Crippen molar-refractivity contribution in [1.82, 2.24) is 24.8 Å². The molecule has 3 aromatic rings. The van der Waals surface area contributed by atoms with Crippen LogP contribution in [0, 0.1) is 19.7 Å². The zero-order valence-electron chi connectivity index (χ0n) is 27.5. The fraction of sp³-hybridized carbons (Fsp3) is 0.576. The summed E-state index contributed by atoms with van der Waals surface area (Å²) in [6.07, 6.45) is -4.44. The maximum absolute atomic E-state index is 16.7. The van der Waals surface area contributed by atoms with Crippen LogP contribution in [-0.2, 0) is 10.9 Å². The molecule has 0 aliphatic carbocycles. The van der Waals surface area contributed by atoms with Crippen LogP contribution in [0.2, 0.25) is 5.02 Å². The molecule has 9 nitrogen and oxygen atoms in total. The fourth-order valence-corrected chi connectivity index (χ4v) is 7.41. The number of ether oxygens (including phenoxy) is 2. The van der Waals surface area contributed by atoms with Crippen LogP contribution >= 0.6 is 11.6 Å². The molecule has 3 fully saturated rings. The number of piperazine rings is 1. The van der Waals surface area contributed by atoms with Gasteiger partial charge in [-0.15, -0.1) is 0 Å². The van der Waals surface area contributed by atoms with Gasteiger partial charge in [0.25, 0.3) is 0 Å². The van der Waals surface area contributed by atoms with E-state index >= 15 is 4.39 Å². The lowest BCUT2D eigenvalue weighted by molar-refractivity contribution is -0.137. The highest BCUT2D eigenvalue weighted by Crippen LogP contribution is 2.45.